The predicted molar refractivity (Wildman–Crippen MR) is 204 cm³/mol. The Bertz CT molecular complexity index is 1170. The van der Waals surface area contributed by atoms with E-state index in [0.29, 0.717) is 0 Å². The van der Waals surface area contributed by atoms with Crippen LogP contribution in [0.2, 0.25) is 0 Å². The summed E-state index contributed by atoms with van der Waals surface area (Å²) in [5, 5.41) is 0. The van der Waals surface area contributed by atoms with Gasteiger partial charge in [0, 0.05) is 0 Å². The molecule has 0 aliphatic carbocycles. The molecule has 0 aliphatic rings. The summed E-state index contributed by atoms with van der Waals surface area (Å²) >= 11 is 0. The first-order valence-electron chi connectivity index (χ1n) is 19.3. The van der Waals surface area contributed by atoms with Crippen LogP contribution in [0.3, 0.4) is 0 Å². The van der Waals surface area contributed by atoms with Crippen LogP contribution in [0.25, 0.3) is 0 Å². The van der Waals surface area contributed by atoms with E-state index in [9.17, 15) is 0 Å². The zero-order valence-corrected chi connectivity index (χ0v) is 31.1. The summed E-state index contributed by atoms with van der Waals surface area (Å²) in [6, 6.07) is 9.45. The van der Waals surface area contributed by atoms with Gasteiger partial charge in [0.05, 0.1) is 22.8 Å². The summed E-state index contributed by atoms with van der Waals surface area (Å²) in [4.78, 5) is 10.5. The van der Waals surface area contributed by atoms with Crippen molar-refractivity contribution in [1.82, 2.24) is 0 Å². The van der Waals surface area contributed by atoms with Gasteiger partial charge in [0.25, 0.3) is 0 Å². The molecule has 0 fully saturated rings. The quantitative estimate of drug-likeness (QED) is 0.0830. The van der Waals surface area contributed by atoms with E-state index >= 15 is 0 Å². The normalized spacial score (nSPS) is 12.4. The zero-order valence-electron chi connectivity index (χ0n) is 31.1. The molecule has 2 aromatic rings. The Balaban J connectivity index is 2.36. The molecule has 2 rings (SSSR count). The summed E-state index contributed by atoms with van der Waals surface area (Å²) < 4.78 is 0. The Morgan fingerprint density at radius 3 is 1.36 bits per heavy atom. The second kappa shape index (κ2) is 23.2. The number of aliphatic imine (C=N–C) groups is 2. The molecule has 2 aromatic carbocycles. The van der Waals surface area contributed by atoms with Crippen LogP contribution in [0.1, 0.15) is 184 Å². The van der Waals surface area contributed by atoms with E-state index in [2.05, 4.69) is 79.7 Å². The van der Waals surface area contributed by atoms with Crippen molar-refractivity contribution in [3.05, 3.63) is 57.6 Å². The van der Waals surface area contributed by atoms with E-state index < -0.39 is 0 Å². The minimum atomic E-state index is 0.886. The molecule has 0 spiro atoms. The highest BCUT2D eigenvalue weighted by Gasteiger charge is 2.12. The number of rotatable bonds is 24. The van der Waals surface area contributed by atoms with Gasteiger partial charge in [0.1, 0.15) is 0 Å². The second-order valence-corrected chi connectivity index (χ2v) is 13.7. The fourth-order valence-corrected chi connectivity index (χ4v) is 6.78. The zero-order chi connectivity index (χ0) is 32.9. The van der Waals surface area contributed by atoms with Gasteiger partial charge in [-0.15, -0.1) is 0 Å². The van der Waals surface area contributed by atoms with Crippen LogP contribution in [0, 0.1) is 13.8 Å². The summed E-state index contributed by atoms with van der Waals surface area (Å²) in [5.74, 6) is 0. The van der Waals surface area contributed by atoms with Gasteiger partial charge in [-0.3, -0.25) is 9.98 Å². The topological polar surface area (TPSA) is 24.7 Å². The molecule has 252 valence electrons. The first-order valence-corrected chi connectivity index (χ1v) is 19.3. The number of unbranched alkanes of at least 4 members (excludes halogenated alkanes) is 12. The van der Waals surface area contributed by atoms with Crippen LogP contribution >= 0.6 is 0 Å². The van der Waals surface area contributed by atoms with E-state index in [4.69, 9.17) is 9.98 Å². The lowest BCUT2D eigenvalue weighted by Gasteiger charge is -2.16. The van der Waals surface area contributed by atoms with Crippen LogP contribution < -0.4 is 0 Å². The summed E-state index contributed by atoms with van der Waals surface area (Å²) in [7, 11) is 0. The number of aryl methyl sites for hydroxylation is 4. The van der Waals surface area contributed by atoms with Gasteiger partial charge in [-0.1, -0.05) is 112 Å². The number of nitrogens with zero attached hydrogens (tertiary/aromatic N) is 2. The highest BCUT2D eigenvalue weighted by Crippen LogP contribution is 2.29. The molecule has 0 aliphatic heterocycles. The maximum absolute atomic E-state index is 5.25. The molecule has 0 bridgehead atoms. The SMILES string of the molecule is CCCCCCCCc1cc(N=C(C)C(CC)=Nc2cc(C)c(CCCC)c(CCCCCC)c2)cc(C)c1CCCCCC. The molecular weight excluding hydrogens is 544 g/mol. The standard InChI is InChI=1S/C43H70N2/c1-9-14-18-21-22-24-27-37-32-39(30-34(6)42(37)29-25-20-16-11-3)44-36(8)43(13-5)45-40-31-35(7)41(28-17-12-4)38(33-40)26-23-19-15-10-2/h30-33H,9-29H2,1-8H3. The number of hydrogen-bond acceptors (Lipinski definition) is 2. The average Bonchev–Trinajstić information content (AvgIpc) is 3.02. The van der Waals surface area contributed by atoms with Gasteiger partial charge in [-0.25, -0.2) is 0 Å². The number of benzene rings is 2. The fourth-order valence-electron chi connectivity index (χ4n) is 6.78. The maximum Gasteiger partial charge on any atom is 0.0639 e. The van der Waals surface area contributed by atoms with Crippen LogP contribution in [0.4, 0.5) is 11.4 Å². The van der Waals surface area contributed by atoms with Crippen LogP contribution in [0.5, 0.6) is 0 Å². The Labute approximate surface area is 280 Å². The van der Waals surface area contributed by atoms with Crippen molar-refractivity contribution in [2.75, 3.05) is 0 Å². The minimum Gasteiger partial charge on any atom is -0.252 e. The molecule has 0 atom stereocenters. The lowest BCUT2D eigenvalue weighted by Crippen LogP contribution is -2.09. The summed E-state index contributed by atoms with van der Waals surface area (Å²) in [5.41, 5.74) is 13.4. The van der Waals surface area contributed by atoms with Crippen molar-refractivity contribution in [2.45, 2.75) is 190 Å². The number of hydrogen-bond donors (Lipinski definition) is 0. The Hall–Kier alpha value is -2.22. The molecule has 0 saturated carbocycles. The van der Waals surface area contributed by atoms with E-state index in [-0.39, 0.29) is 0 Å². The van der Waals surface area contributed by atoms with Crippen LogP contribution in [0.15, 0.2) is 34.3 Å². The largest absolute Gasteiger partial charge is 0.252 e. The monoisotopic (exact) mass is 615 g/mol. The van der Waals surface area contributed by atoms with Crippen molar-refractivity contribution in [3.8, 4) is 0 Å². The predicted octanol–water partition coefficient (Wildman–Crippen LogP) is 14.1. The van der Waals surface area contributed by atoms with Gasteiger partial charge in [0.2, 0.25) is 0 Å². The molecule has 0 heterocycles. The maximum atomic E-state index is 5.25. The van der Waals surface area contributed by atoms with Crippen molar-refractivity contribution >= 4 is 22.8 Å². The highest BCUT2D eigenvalue weighted by atomic mass is 14.8. The molecule has 0 saturated heterocycles. The summed E-state index contributed by atoms with van der Waals surface area (Å²) in [6.07, 6.45) is 26.6. The third-order valence-electron chi connectivity index (χ3n) is 9.57. The second-order valence-electron chi connectivity index (χ2n) is 13.7. The van der Waals surface area contributed by atoms with E-state index in [1.54, 1.807) is 11.1 Å². The molecular formula is C43H70N2. The minimum absolute atomic E-state index is 0.886. The van der Waals surface area contributed by atoms with Gasteiger partial charge in [-0.05, 0) is 136 Å². The Kier molecular flexibility index (Phi) is 20.0. The lowest BCUT2D eigenvalue weighted by atomic mass is 9.92. The molecule has 2 heteroatoms. The first kappa shape index (κ1) is 39.0. The summed E-state index contributed by atoms with van der Waals surface area (Å²) in [6.45, 7) is 18.2. The smallest absolute Gasteiger partial charge is 0.0639 e. The molecule has 2 nitrogen and oxygen atoms in total. The van der Waals surface area contributed by atoms with E-state index in [0.717, 1.165) is 29.2 Å². The molecule has 0 radical (unpaired) electrons. The highest BCUT2D eigenvalue weighted by molar-refractivity contribution is 6.42. The van der Waals surface area contributed by atoms with Crippen molar-refractivity contribution < 1.29 is 0 Å². The third kappa shape index (κ3) is 14.4. The van der Waals surface area contributed by atoms with Gasteiger partial charge in [0.15, 0.2) is 0 Å². The first-order chi connectivity index (χ1) is 21.9. The Morgan fingerprint density at radius 2 is 0.867 bits per heavy atom. The molecule has 0 unspecified atom stereocenters. The molecule has 0 N–H and O–H groups in total. The van der Waals surface area contributed by atoms with E-state index in [1.807, 2.05) is 0 Å². The van der Waals surface area contributed by atoms with Crippen LogP contribution in [-0.2, 0) is 25.7 Å². The molecule has 0 aromatic heterocycles. The fraction of sp³-hybridized carbons (Fsp3) is 0.674. The van der Waals surface area contributed by atoms with Gasteiger partial charge >= 0.3 is 0 Å². The van der Waals surface area contributed by atoms with Gasteiger partial charge < -0.3 is 0 Å². The molecule has 45 heavy (non-hydrogen) atoms. The van der Waals surface area contributed by atoms with Crippen molar-refractivity contribution in [2.24, 2.45) is 9.98 Å². The molecule has 0 amide bonds. The third-order valence-corrected chi connectivity index (χ3v) is 9.57. The van der Waals surface area contributed by atoms with Crippen LogP contribution in [-0.4, -0.2) is 11.4 Å². The van der Waals surface area contributed by atoms with Crippen molar-refractivity contribution in [1.29, 1.82) is 0 Å². The van der Waals surface area contributed by atoms with E-state index in [1.165, 1.54) is 151 Å². The average molecular weight is 615 g/mol. The van der Waals surface area contributed by atoms with Crippen molar-refractivity contribution in [3.63, 3.8) is 0 Å². The van der Waals surface area contributed by atoms with Gasteiger partial charge in [-0.2, -0.15) is 0 Å². The Morgan fingerprint density at radius 1 is 0.467 bits per heavy atom. The lowest BCUT2D eigenvalue weighted by molar-refractivity contribution is 0.605.